The summed E-state index contributed by atoms with van der Waals surface area (Å²) in [5.74, 6) is 6.12. The number of carbonyl (C=O) groups excluding carboxylic acids is 1. The second-order valence-electron chi connectivity index (χ2n) is 7.39. The van der Waals surface area contributed by atoms with Crippen molar-refractivity contribution in [2.24, 2.45) is 27.9 Å². The molecular weight excluding hydrogens is 412 g/mol. The van der Waals surface area contributed by atoms with Crippen LogP contribution in [0.15, 0.2) is 107 Å². The lowest BCUT2D eigenvalue weighted by molar-refractivity contribution is 0.0770. The molecule has 0 fully saturated rings. The minimum Gasteiger partial charge on any atom is -0.404 e. The van der Waals surface area contributed by atoms with Crippen LogP contribution in [0.5, 0.6) is 0 Å². The fourth-order valence-electron chi connectivity index (χ4n) is 3.08. The maximum atomic E-state index is 12.8. The van der Waals surface area contributed by atoms with Crippen LogP contribution in [0.25, 0.3) is 0 Å². The van der Waals surface area contributed by atoms with Crippen molar-refractivity contribution in [1.82, 2.24) is 4.90 Å². The number of rotatable bonds is 6. The van der Waals surface area contributed by atoms with Crippen LogP contribution in [0.2, 0.25) is 0 Å². The van der Waals surface area contributed by atoms with Crippen molar-refractivity contribution in [2.45, 2.75) is 13.3 Å². The van der Waals surface area contributed by atoms with Gasteiger partial charge in [0.05, 0.1) is 11.3 Å². The molecule has 0 radical (unpaired) electrons. The van der Waals surface area contributed by atoms with Crippen molar-refractivity contribution in [3.8, 4) is 11.8 Å². The molecule has 170 valence electrons. The van der Waals surface area contributed by atoms with E-state index in [0.717, 1.165) is 5.57 Å². The van der Waals surface area contributed by atoms with E-state index in [-0.39, 0.29) is 11.7 Å². The zero-order valence-corrected chi connectivity index (χ0v) is 18.8. The maximum absolute atomic E-state index is 12.8. The van der Waals surface area contributed by atoms with Gasteiger partial charge >= 0.3 is 0 Å². The van der Waals surface area contributed by atoms with E-state index in [4.69, 9.17) is 22.9 Å². The van der Waals surface area contributed by atoms with Crippen LogP contribution in [-0.2, 0) is 0 Å². The summed E-state index contributed by atoms with van der Waals surface area (Å²) >= 11 is 0. The van der Waals surface area contributed by atoms with Gasteiger partial charge in [0.1, 0.15) is 5.82 Å². The summed E-state index contributed by atoms with van der Waals surface area (Å²) in [6.45, 7) is 9.99. The Bertz CT molecular complexity index is 1140. The quantitative estimate of drug-likeness (QED) is 0.305. The van der Waals surface area contributed by atoms with Crippen molar-refractivity contribution in [1.29, 1.82) is 0 Å². The molecule has 0 spiro atoms. The van der Waals surface area contributed by atoms with E-state index in [9.17, 15) is 4.79 Å². The minimum absolute atomic E-state index is 0.0239. The lowest BCUT2D eigenvalue weighted by Gasteiger charge is -2.27. The first-order valence-corrected chi connectivity index (χ1v) is 10.3. The SMILES string of the molecule is C=C(N)/C=C\C(C#CC(/C(=N\C(=C)N)C1=CCN(C(=O)c2ccccc2)CC1)=C(\C)N)=C/N. The molecule has 0 saturated carbocycles. The van der Waals surface area contributed by atoms with Crippen molar-refractivity contribution in [2.75, 3.05) is 13.1 Å². The van der Waals surface area contributed by atoms with E-state index in [2.05, 4.69) is 30.0 Å². The van der Waals surface area contributed by atoms with Gasteiger partial charge in [-0.25, -0.2) is 4.99 Å². The monoisotopic (exact) mass is 442 g/mol. The number of benzene rings is 1. The number of nitrogens with zero attached hydrogens (tertiary/aromatic N) is 2. The highest BCUT2D eigenvalue weighted by atomic mass is 16.2. The predicted octanol–water partition coefficient (Wildman–Crippen LogP) is 2.44. The van der Waals surface area contributed by atoms with Crippen LogP contribution in [0, 0.1) is 11.8 Å². The van der Waals surface area contributed by atoms with Gasteiger partial charge in [0.15, 0.2) is 0 Å². The molecule has 0 atom stereocenters. The van der Waals surface area contributed by atoms with Crippen molar-refractivity contribution in [3.05, 3.63) is 107 Å². The Morgan fingerprint density at radius 3 is 2.33 bits per heavy atom. The highest BCUT2D eigenvalue weighted by Crippen LogP contribution is 2.20. The summed E-state index contributed by atoms with van der Waals surface area (Å²) in [6.07, 6.45) is 7.13. The Kier molecular flexibility index (Phi) is 8.89. The average Bonchev–Trinajstić information content (AvgIpc) is 2.80. The Morgan fingerprint density at radius 1 is 1.12 bits per heavy atom. The third kappa shape index (κ3) is 7.33. The lowest BCUT2D eigenvalue weighted by atomic mass is 9.95. The van der Waals surface area contributed by atoms with Crippen LogP contribution in [0.3, 0.4) is 0 Å². The van der Waals surface area contributed by atoms with Gasteiger partial charge < -0.3 is 27.8 Å². The van der Waals surface area contributed by atoms with Crippen LogP contribution < -0.4 is 22.9 Å². The molecule has 1 aromatic carbocycles. The zero-order chi connectivity index (χ0) is 24.4. The Morgan fingerprint density at radius 2 is 1.82 bits per heavy atom. The number of amides is 1. The van der Waals surface area contributed by atoms with Gasteiger partial charge in [-0.1, -0.05) is 49.3 Å². The lowest BCUT2D eigenvalue weighted by Crippen LogP contribution is -2.36. The summed E-state index contributed by atoms with van der Waals surface area (Å²) in [4.78, 5) is 18.9. The van der Waals surface area contributed by atoms with Gasteiger partial charge in [0.2, 0.25) is 0 Å². The number of carbonyl (C=O) groups is 1. The molecule has 1 amide bonds. The van der Waals surface area contributed by atoms with Crippen LogP contribution >= 0.6 is 0 Å². The predicted molar refractivity (Wildman–Crippen MR) is 135 cm³/mol. The Hall–Kier alpha value is -4.44. The summed E-state index contributed by atoms with van der Waals surface area (Å²) < 4.78 is 0. The molecule has 1 aliphatic heterocycles. The van der Waals surface area contributed by atoms with E-state index < -0.39 is 0 Å². The third-order valence-electron chi connectivity index (χ3n) is 4.70. The standard InChI is InChI=1S/C26H30N6O/c1-18(28)9-10-21(17-27)11-12-24(19(2)29)25(31-20(3)30)22-13-15-32(16-14-22)26(33)23-7-5-4-6-8-23/h4-10,13,17H,1,3,14-16,27-30H2,2H3/b10-9-,21-17+,24-19-,31-25-. The van der Waals surface area contributed by atoms with Gasteiger partial charge in [-0.3, -0.25) is 4.79 Å². The normalized spacial score (nSPS) is 15.3. The fourth-order valence-corrected chi connectivity index (χ4v) is 3.08. The van der Waals surface area contributed by atoms with Crippen LogP contribution in [0.4, 0.5) is 0 Å². The molecule has 7 nitrogen and oxygen atoms in total. The van der Waals surface area contributed by atoms with E-state index in [1.807, 2.05) is 24.3 Å². The van der Waals surface area contributed by atoms with E-state index in [0.29, 0.717) is 53.3 Å². The average molecular weight is 443 g/mol. The molecular formula is C26H30N6O. The van der Waals surface area contributed by atoms with Crippen LogP contribution in [0.1, 0.15) is 23.7 Å². The van der Waals surface area contributed by atoms with E-state index >= 15 is 0 Å². The van der Waals surface area contributed by atoms with E-state index in [1.165, 1.54) is 6.20 Å². The van der Waals surface area contributed by atoms with Gasteiger partial charge in [-0.2, -0.15) is 0 Å². The minimum atomic E-state index is -0.0239. The number of aliphatic imine (C=N–C) groups is 1. The summed E-state index contributed by atoms with van der Waals surface area (Å²) in [6, 6.07) is 9.18. The molecule has 0 unspecified atom stereocenters. The third-order valence-corrected chi connectivity index (χ3v) is 4.70. The molecule has 33 heavy (non-hydrogen) atoms. The number of hydrogen-bond acceptors (Lipinski definition) is 6. The van der Waals surface area contributed by atoms with Gasteiger partial charge in [0.25, 0.3) is 5.91 Å². The first-order chi connectivity index (χ1) is 15.7. The second kappa shape index (κ2) is 11.8. The first kappa shape index (κ1) is 24.8. The van der Waals surface area contributed by atoms with Gasteiger partial charge in [-0.15, -0.1) is 0 Å². The van der Waals surface area contributed by atoms with Crippen molar-refractivity contribution >= 4 is 11.6 Å². The molecule has 0 aromatic heterocycles. The van der Waals surface area contributed by atoms with Crippen LogP contribution in [-0.4, -0.2) is 29.6 Å². The van der Waals surface area contributed by atoms with E-state index in [1.54, 1.807) is 36.1 Å². The summed E-state index contributed by atoms with van der Waals surface area (Å²) in [7, 11) is 0. The molecule has 1 aromatic rings. The fraction of sp³-hybridized carbons (Fsp3) is 0.154. The Balaban J connectivity index is 2.35. The maximum Gasteiger partial charge on any atom is 0.254 e. The molecule has 7 heteroatoms. The molecule has 0 bridgehead atoms. The largest absolute Gasteiger partial charge is 0.404 e. The summed E-state index contributed by atoms with van der Waals surface area (Å²) in [5, 5.41) is 0. The zero-order valence-electron chi connectivity index (χ0n) is 18.8. The second-order valence-corrected chi connectivity index (χ2v) is 7.39. The topological polar surface area (TPSA) is 137 Å². The molecule has 0 aliphatic carbocycles. The van der Waals surface area contributed by atoms with Gasteiger partial charge in [-0.05, 0) is 43.2 Å². The first-order valence-electron chi connectivity index (χ1n) is 10.3. The van der Waals surface area contributed by atoms with Crippen molar-refractivity contribution in [3.63, 3.8) is 0 Å². The van der Waals surface area contributed by atoms with Gasteiger partial charge in [0, 0.05) is 41.8 Å². The summed E-state index contributed by atoms with van der Waals surface area (Å²) in [5.41, 5.74) is 27.1. The number of nitrogens with two attached hydrogens (primary N) is 4. The molecule has 2 rings (SSSR count). The molecule has 1 heterocycles. The highest BCUT2D eigenvalue weighted by molar-refractivity contribution is 6.16. The highest BCUT2D eigenvalue weighted by Gasteiger charge is 2.22. The smallest absolute Gasteiger partial charge is 0.254 e. The number of allylic oxidation sites excluding steroid dienone is 5. The van der Waals surface area contributed by atoms with Crippen molar-refractivity contribution < 1.29 is 4.79 Å². The Labute approximate surface area is 195 Å². The molecule has 1 aliphatic rings. The molecule has 8 N–H and O–H groups in total. The molecule has 0 saturated heterocycles. The number of hydrogen-bond donors (Lipinski definition) is 4.